The molecule has 0 saturated carbocycles. The molecule has 1 aromatic rings. The van der Waals surface area contributed by atoms with Crippen molar-refractivity contribution >= 4 is 24.0 Å². The van der Waals surface area contributed by atoms with Crippen LogP contribution in [0.25, 0.3) is 0 Å². The van der Waals surface area contributed by atoms with Crippen LogP contribution in [0, 0.1) is 0 Å². The fourth-order valence-corrected chi connectivity index (χ4v) is 1.78. The standard InChI is InChI=1S/C16H24N2O2.ClH/c1-17(2)11-9-15(19)13-5-7-14(8-6-13)16(20)10-12-18(3)4;/h5-8H,9-12H2,1-4H3;1H. The Morgan fingerprint density at radius 1 is 0.762 bits per heavy atom. The smallest absolute Gasteiger partial charge is 0.164 e. The highest BCUT2D eigenvalue weighted by Gasteiger charge is 2.09. The second-order valence-electron chi connectivity index (χ2n) is 5.53. The van der Waals surface area contributed by atoms with Crippen molar-refractivity contribution in [2.45, 2.75) is 12.8 Å². The van der Waals surface area contributed by atoms with E-state index < -0.39 is 0 Å². The predicted octanol–water partition coefficient (Wildman–Crippen LogP) is 2.38. The number of hydrogen-bond donors (Lipinski definition) is 0. The van der Waals surface area contributed by atoms with Gasteiger partial charge in [0.1, 0.15) is 0 Å². The van der Waals surface area contributed by atoms with Crippen molar-refractivity contribution in [1.29, 1.82) is 0 Å². The number of nitrogens with zero attached hydrogens (tertiary/aromatic N) is 2. The number of halogens is 1. The highest BCUT2D eigenvalue weighted by molar-refractivity contribution is 5.99. The highest BCUT2D eigenvalue weighted by atomic mass is 35.5. The molecule has 21 heavy (non-hydrogen) atoms. The molecule has 0 unspecified atom stereocenters. The van der Waals surface area contributed by atoms with E-state index in [1.807, 2.05) is 38.0 Å². The minimum Gasteiger partial charge on any atom is -0.309 e. The van der Waals surface area contributed by atoms with Crippen LogP contribution in [0.1, 0.15) is 33.6 Å². The minimum absolute atomic E-state index is 0. The summed E-state index contributed by atoms with van der Waals surface area (Å²) in [5, 5.41) is 0. The zero-order valence-corrected chi connectivity index (χ0v) is 14.1. The second kappa shape index (κ2) is 9.66. The highest BCUT2D eigenvalue weighted by Crippen LogP contribution is 2.09. The van der Waals surface area contributed by atoms with Crippen molar-refractivity contribution in [3.05, 3.63) is 35.4 Å². The monoisotopic (exact) mass is 312 g/mol. The van der Waals surface area contributed by atoms with Gasteiger partial charge in [-0.2, -0.15) is 0 Å². The normalized spacial score (nSPS) is 10.6. The summed E-state index contributed by atoms with van der Waals surface area (Å²) in [6.45, 7) is 1.48. The first-order chi connectivity index (χ1) is 9.40. The van der Waals surface area contributed by atoms with Crippen LogP contribution in [-0.4, -0.2) is 62.6 Å². The van der Waals surface area contributed by atoms with Gasteiger partial charge < -0.3 is 9.80 Å². The first kappa shape index (κ1) is 19.8. The van der Waals surface area contributed by atoms with E-state index in [2.05, 4.69) is 0 Å². The lowest BCUT2D eigenvalue weighted by Gasteiger charge is -2.09. The first-order valence-electron chi connectivity index (χ1n) is 6.86. The number of hydrogen-bond acceptors (Lipinski definition) is 4. The van der Waals surface area contributed by atoms with Crippen molar-refractivity contribution in [2.24, 2.45) is 0 Å². The Hall–Kier alpha value is -1.23. The van der Waals surface area contributed by atoms with Crippen molar-refractivity contribution < 1.29 is 9.59 Å². The van der Waals surface area contributed by atoms with Gasteiger partial charge in [-0.05, 0) is 28.2 Å². The Morgan fingerprint density at radius 2 is 1.05 bits per heavy atom. The number of benzene rings is 1. The van der Waals surface area contributed by atoms with E-state index >= 15 is 0 Å². The number of carbonyl (C=O) groups excluding carboxylic acids is 2. The van der Waals surface area contributed by atoms with Gasteiger partial charge in [-0.15, -0.1) is 12.4 Å². The summed E-state index contributed by atoms with van der Waals surface area (Å²) >= 11 is 0. The molecule has 0 radical (unpaired) electrons. The molecule has 0 aliphatic carbocycles. The topological polar surface area (TPSA) is 40.6 Å². The summed E-state index contributed by atoms with van der Waals surface area (Å²) < 4.78 is 0. The molecular weight excluding hydrogens is 288 g/mol. The van der Waals surface area contributed by atoms with Crippen molar-refractivity contribution in [2.75, 3.05) is 41.3 Å². The Labute approximate surface area is 133 Å². The van der Waals surface area contributed by atoms with E-state index in [1.165, 1.54) is 0 Å². The molecule has 0 fully saturated rings. The molecule has 1 rings (SSSR count). The third-order valence-corrected chi connectivity index (χ3v) is 3.10. The molecule has 0 amide bonds. The van der Waals surface area contributed by atoms with Crippen molar-refractivity contribution in [3.63, 3.8) is 0 Å². The molecule has 0 aromatic heterocycles. The zero-order valence-electron chi connectivity index (χ0n) is 13.3. The predicted molar refractivity (Wildman–Crippen MR) is 88.7 cm³/mol. The van der Waals surface area contributed by atoms with E-state index in [1.54, 1.807) is 24.3 Å². The number of rotatable bonds is 8. The lowest BCUT2D eigenvalue weighted by atomic mass is 10.0. The lowest BCUT2D eigenvalue weighted by Crippen LogP contribution is -2.17. The number of Topliss-reactive ketones (excluding diaryl/α,β-unsaturated/α-hetero) is 2. The Morgan fingerprint density at radius 3 is 1.29 bits per heavy atom. The van der Waals surface area contributed by atoms with Crippen LogP contribution in [0.2, 0.25) is 0 Å². The molecule has 0 atom stereocenters. The maximum absolute atomic E-state index is 11.9. The average molecular weight is 313 g/mol. The third-order valence-electron chi connectivity index (χ3n) is 3.10. The van der Waals surface area contributed by atoms with Gasteiger partial charge in [0, 0.05) is 37.1 Å². The van der Waals surface area contributed by atoms with Gasteiger partial charge >= 0.3 is 0 Å². The second-order valence-corrected chi connectivity index (χ2v) is 5.53. The minimum atomic E-state index is 0. The summed E-state index contributed by atoms with van der Waals surface area (Å²) in [6, 6.07) is 7.00. The molecule has 0 saturated heterocycles. The first-order valence-corrected chi connectivity index (χ1v) is 6.86. The van der Waals surface area contributed by atoms with Crippen LogP contribution in [0.4, 0.5) is 0 Å². The Bertz CT molecular complexity index is 413. The summed E-state index contributed by atoms with van der Waals surface area (Å²) in [6.07, 6.45) is 1.00. The van der Waals surface area contributed by atoms with Gasteiger partial charge in [-0.3, -0.25) is 9.59 Å². The average Bonchev–Trinajstić information content (AvgIpc) is 2.42. The van der Waals surface area contributed by atoms with Crippen molar-refractivity contribution in [1.82, 2.24) is 9.80 Å². The quantitative estimate of drug-likeness (QED) is 0.691. The largest absolute Gasteiger partial charge is 0.309 e. The van der Waals surface area contributed by atoms with E-state index in [0.29, 0.717) is 24.0 Å². The Balaban J connectivity index is 0.00000400. The van der Waals surface area contributed by atoms with E-state index in [-0.39, 0.29) is 24.0 Å². The summed E-state index contributed by atoms with van der Waals surface area (Å²) in [4.78, 5) is 27.8. The van der Waals surface area contributed by atoms with Crippen molar-refractivity contribution in [3.8, 4) is 0 Å². The van der Waals surface area contributed by atoms with Crippen LogP contribution >= 0.6 is 12.4 Å². The van der Waals surface area contributed by atoms with Gasteiger partial charge in [0.2, 0.25) is 0 Å². The van der Waals surface area contributed by atoms with Crippen LogP contribution < -0.4 is 0 Å². The number of ketones is 2. The molecular formula is C16H25ClN2O2. The number of carbonyl (C=O) groups is 2. The lowest BCUT2D eigenvalue weighted by molar-refractivity contribution is 0.0961. The van der Waals surface area contributed by atoms with Crippen LogP contribution in [0.3, 0.4) is 0 Å². The summed E-state index contributed by atoms with van der Waals surface area (Å²) in [5.74, 6) is 0.233. The maximum atomic E-state index is 11.9. The Kier molecular flexibility index (Phi) is 9.09. The summed E-state index contributed by atoms with van der Waals surface area (Å²) in [5.41, 5.74) is 1.35. The third kappa shape index (κ3) is 7.37. The molecule has 118 valence electrons. The summed E-state index contributed by atoms with van der Waals surface area (Å²) in [7, 11) is 7.78. The van der Waals surface area contributed by atoms with Crippen LogP contribution in [0.15, 0.2) is 24.3 Å². The van der Waals surface area contributed by atoms with E-state index in [9.17, 15) is 9.59 Å². The van der Waals surface area contributed by atoms with Gasteiger partial charge in [0.05, 0.1) is 0 Å². The molecule has 0 bridgehead atoms. The van der Waals surface area contributed by atoms with Crippen LogP contribution in [-0.2, 0) is 0 Å². The molecule has 5 heteroatoms. The SMILES string of the molecule is CN(C)CCC(=O)c1ccc(C(=O)CCN(C)C)cc1.Cl. The van der Waals surface area contributed by atoms with E-state index in [0.717, 1.165) is 13.1 Å². The van der Waals surface area contributed by atoms with Crippen LogP contribution in [0.5, 0.6) is 0 Å². The molecule has 0 aliphatic rings. The van der Waals surface area contributed by atoms with E-state index in [4.69, 9.17) is 0 Å². The molecule has 0 spiro atoms. The molecule has 0 heterocycles. The molecule has 4 nitrogen and oxygen atoms in total. The van der Waals surface area contributed by atoms with Gasteiger partial charge in [0.25, 0.3) is 0 Å². The fraction of sp³-hybridized carbons (Fsp3) is 0.500. The molecule has 1 aromatic carbocycles. The zero-order chi connectivity index (χ0) is 15.1. The van der Waals surface area contributed by atoms with Gasteiger partial charge in [-0.1, -0.05) is 24.3 Å². The maximum Gasteiger partial charge on any atom is 0.164 e. The fourth-order valence-electron chi connectivity index (χ4n) is 1.78. The van der Waals surface area contributed by atoms with Gasteiger partial charge in [0.15, 0.2) is 11.6 Å². The van der Waals surface area contributed by atoms with Gasteiger partial charge in [-0.25, -0.2) is 0 Å². The molecule has 0 aliphatic heterocycles. The molecule has 0 N–H and O–H groups in total.